The van der Waals surface area contributed by atoms with Crippen LogP contribution in [0.15, 0.2) is 48.5 Å². The molecule has 0 amide bonds. The highest BCUT2D eigenvalue weighted by Gasteiger charge is 2.13. The summed E-state index contributed by atoms with van der Waals surface area (Å²) in [6, 6.07) is 17.6. The monoisotopic (exact) mass is 301 g/mol. The van der Waals surface area contributed by atoms with E-state index in [1.165, 1.54) is 63.6 Å². The Balaban J connectivity index is 1.98. The first kappa shape index (κ1) is 14.3. The molecule has 4 rings (SSSR count). The maximum absolute atomic E-state index is 6.40. The van der Waals surface area contributed by atoms with Gasteiger partial charge < -0.3 is 5.73 Å². The molecule has 0 aliphatic carbocycles. The molecule has 0 heterocycles. The molecule has 0 atom stereocenters. The zero-order valence-electron chi connectivity index (χ0n) is 13.7. The molecule has 1 heteroatoms. The van der Waals surface area contributed by atoms with E-state index in [9.17, 15) is 0 Å². The van der Waals surface area contributed by atoms with Gasteiger partial charge in [0.1, 0.15) is 0 Å². The Kier molecular flexibility index (Phi) is 3.57. The lowest BCUT2D eigenvalue weighted by Gasteiger charge is -2.16. The predicted octanol–water partition coefficient (Wildman–Crippen LogP) is 6.29. The number of hydrogen-bond acceptors (Lipinski definition) is 1. The van der Waals surface area contributed by atoms with Crippen molar-refractivity contribution in [1.29, 1.82) is 0 Å². The summed E-state index contributed by atoms with van der Waals surface area (Å²) < 4.78 is 0. The molecule has 23 heavy (non-hydrogen) atoms. The minimum atomic E-state index is 0.918. The molecule has 0 bridgehead atoms. The quantitative estimate of drug-likeness (QED) is 0.262. The normalized spacial score (nSPS) is 11.9. The van der Waals surface area contributed by atoms with Crippen LogP contribution in [0.4, 0.5) is 5.69 Å². The lowest BCUT2D eigenvalue weighted by atomic mass is 9.89. The summed E-state index contributed by atoms with van der Waals surface area (Å²) in [5.74, 6) is 0. The van der Waals surface area contributed by atoms with E-state index in [0.29, 0.717) is 0 Å². The van der Waals surface area contributed by atoms with Crippen molar-refractivity contribution in [2.24, 2.45) is 0 Å². The van der Waals surface area contributed by atoms with E-state index in [-0.39, 0.29) is 0 Å². The summed E-state index contributed by atoms with van der Waals surface area (Å²) in [6.45, 7) is 2.26. The fourth-order valence-corrected chi connectivity index (χ4v) is 3.90. The SMILES string of the molecule is CCCCCCc1cc2cccc3ccc4ccc(N)c1c4c32. The number of rotatable bonds is 5. The predicted molar refractivity (Wildman–Crippen MR) is 102 cm³/mol. The van der Waals surface area contributed by atoms with Crippen LogP contribution in [0.5, 0.6) is 0 Å². The maximum atomic E-state index is 6.40. The van der Waals surface area contributed by atoms with Gasteiger partial charge in [-0.1, -0.05) is 68.7 Å². The Morgan fingerprint density at radius 1 is 0.739 bits per heavy atom. The summed E-state index contributed by atoms with van der Waals surface area (Å²) in [4.78, 5) is 0. The average Bonchev–Trinajstić information content (AvgIpc) is 2.58. The maximum Gasteiger partial charge on any atom is 0.0397 e. The number of hydrogen-bond donors (Lipinski definition) is 1. The molecule has 0 saturated carbocycles. The molecule has 0 radical (unpaired) electrons. The van der Waals surface area contributed by atoms with Crippen molar-refractivity contribution < 1.29 is 0 Å². The van der Waals surface area contributed by atoms with Gasteiger partial charge in [-0.05, 0) is 51.4 Å². The van der Waals surface area contributed by atoms with Gasteiger partial charge in [0.15, 0.2) is 0 Å². The van der Waals surface area contributed by atoms with Crippen molar-refractivity contribution in [3.63, 3.8) is 0 Å². The molecule has 4 aromatic rings. The summed E-state index contributed by atoms with van der Waals surface area (Å²) in [5.41, 5.74) is 8.73. The van der Waals surface area contributed by atoms with Gasteiger partial charge in [-0.25, -0.2) is 0 Å². The van der Waals surface area contributed by atoms with Crippen LogP contribution in [0.2, 0.25) is 0 Å². The zero-order valence-corrected chi connectivity index (χ0v) is 13.7. The molecule has 2 N–H and O–H groups in total. The van der Waals surface area contributed by atoms with Crippen LogP contribution < -0.4 is 5.73 Å². The topological polar surface area (TPSA) is 26.0 Å². The van der Waals surface area contributed by atoms with E-state index in [4.69, 9.17) is 5.73 Å². The molecule has 0 saturated heterocycles. The first-order valence-corrected chi connectivity index (χ1v) is 8.74. The Morgan fingerprint density at radius 2 is 1.48 bits per heavy atom. The molecule has 0 unspecified atom stereocenters. The number of aryl methyl sites for hydroxylation is 1. The highest BCUT2D eigenvalue weighted by molar-refractivity contribution is 6.25. The standard InChI is InChI=1S/C22H23N/c1-2-3-4-5-7-18-14-17-9-6-8-15-10-11-16-12-13-19(23)21(18)22(16)20(15)17/h6,8-14H,2-5,7,23H2,1H3. The van der Waals surface area contributed by atoms with Crippen molar-refractivity contribution in [3.8, 4) is 0 Å². The zero-order chi connectivity index (χ0) is 15.8. The van der Waals surface area contributed by atoms with Crippen LogP contribution in [-0.4, -0.2) is 0 Å². The molecule has 1 nitrogen and oxygen atoms in total. The minimum absolute atomic E-state index is 0.918. The van der Waals surface area contributed by atoms with Crippen LogP contribution in [0.25, 0.3) is 32.3 Å². The summed E-state index contributed by atoms with van der Waals surface area (Å²) in [5, 5.41) is 7.95. The van der Waals surface area contributed by atoms with Crippen molar-refractivity contribution in [1.82, 2.24) is 0 Å². The van der Waals surface area contributed by atoms with Crippen molar-refractivity contribution in [2.45, 2.75) is 39.0 Å². The first-order chi connectivity index (χ1) is 11.3. The number of unbranched alkanes of at least 4 members (excludes halogenated alkanes) is 3. The fraction of sp³-hybridized carbons (Fsp3) is 0.273. The number of nitrogen functional groups attached to an aromatic ring is 1. The number of anilines is 1. The van der Waals surface area contributed by atoms with E-state index < -0.39 is 0 Å². The lowest BCUT2D eigenvalue weighted by Crippen LogP contribution is -1.96. The van der Waals surface area contributed by atoms with Crippen molar-refractivity contribution >= 4 is 38.0 Å². The third kappa shape index (κ3) is 2.31. The lowest BCUT2D eigenvalue weighted by molar-refractivity contribution is 0.668. The van der Waals surface area contributed by atoms with Gasteiger partial charge in [-0.2, -0.15) is 0 Å². The van der Waals surface area contributed by atoms with Gasteiger partial charge in [0.2, 0.25) is 0 Å². The third-order valence-electron chi connectivity index (χ3n) is 5.04. The van der Waals surface area contributed by atoms with Gasteiger partial charge >= 0.3 is 0 Å². The Bertz CT molecular complexity index is 968. The molecule has 0 aliphatic heterocycles. The Labute approximate surface area is 137 Å². The molecule has 116 valence electrons. The van der Waals surface area contributed by atoms with Gasteiger partial charge in [0, 0.05) is 11.1 Å². The number of benzene rings is 4. The van der Waals surface area contributed by atoms with Crippen LogP contribution in [-0.2, 0) is 6.42 Å². The highest BCUT2D eigenvalue weighted by atomic mass is 14.6. The molecule has 0 aromatic heterocycles. The van der Waals surface area contributed by atoms with E-state index in [0.717, 1.165) is 12.1 Å². The highest BCUT2D eigenvalue weighted by Crippen LogP contribution is 2.39. The van der Waals surface area contributed by atoms with Gasteiger partial charge in [-0.15, -0.1) is 0 Å². The smallest absolute Gasteiger partial charge is 0.0397 e. The van der Waals surface area contributed by atoms with Crippen molar-refractivity contribution in [2.75, 3.05) is 5.73 Å². The average molecular weight is 301 g/mol. The summed E-state index contributed by atoms with van der Waals surface area (Å²) in [6.07, 6.45) is 6.26. The molecule has 0 fully saturated rings. The molecular weight excluding hydrogens is 278 g/mol. The Hall–Kier alpha value is -2.28. The van der Waals surface area contributed by atoms with E-state index in [2.05, 4.69) is 55.5 Å². The van der Waals surface area contributed by atoms with Crippen LogP contribution in [0, 0.1) is 0 Å². The van der Waals surface area contributed by atoms with Crippen LogP contribution in [0.3, 0.4) is 0 Å². The fourth-order valence-electron chi connectivity index (χ4n) is 3.90. The second-order valence-corrected chi connectivity index (χ2v) is 6.62. The van der Waals surface area contributed by atoms with E-state index in [1.54, 1.807) is 0 Å². The molecule has 0 spiro atoms. The largest absolute Gasteiger partial charge is 0.398 e. The first-order valence-electron chi connectivity index (χ1n) is 8.74. The van der Waals surface area contributed by atoms with Crippen LogP contribution >= 0.6 is 0 Å². The van der Waals surface area contributed by atoms with Crippen molar-refractivity contribution in [3.05, 3.63) is 54.1 Å². The van der Waals surface area contributed by atoms with E-state index in [1.807, 2.05) is 0 Å². The summed E-state index contributed by atoms with van der Waals surface area (Å²) in [7, 11) is 0. The Morgan fingerprint density at radius 3 is 2.30 bits per heavy atom. The third-order valence-corrected chi connectivity index (χ3v) is 5.04. The molecular formula is C22H23N. The minimum Gasteiger partial charge on any atom is -0.398 e. The van der Waals surface area contributed by atoms with Gasteiger partial charge in [-0.3, -0.25) is 0 Å². The van der Waals surface area contributed by atoms with Gasteiger partial charge in [0.25, 0.3) is 0 Å². The second-order valence-electron chi connectivity index (χ2n) is 6.62. The van der Waals surface area contributed by atoms with E-state index >= 15 is 0 Å². The number of nitrogens with two attached hydrogens (primary N) is 1. The second kappa shape index (κ2) is 5.73. The van der Waals surface area contributed by atoms with Gasteiger partial charge in [0.05, 0.1) is 0 Å². The van der Waals surface area contributed by atoms with Crippen LogP contribution in [0.1, 0.15) is 38.2 Å². The molecule has 4 aromatic carbocycles. The summed E-state index contributed by atoms with van der Waals surface area (Å²) >= 11 is 0. The molecule has 0 aliphatic rings.